The molecule has 56 heavy (non-hydrogen) atoms. The maximum Gasteiger partial charge on any atom is 0.0618 e. The summed E-state index contributed by atoms with van der Waals surface area (Å²) in [5.74, 6) is 0. The summed E-state index contributed by atoms with van der Waals surface area (Å²) in [6.45, 7) is 0. The van der Waals surface area contributed by atoms with Gasteiger partial charge >= 0.3 is 0 Å². The van der Waals surface area contributed by atoms with Crippen molar-refractivity contribution < 1.29 is 0 Å². The minimum absolute atomic E-state index is 1.09. The average molecular weight is 715 g/mol. The molecular weight excluding hydrogens is 677 g/mol. The molecule has 2 nitrogen and oxygen atoms in total. The number of rotatable bonds is 8. The van der Waals surface area contributed by atoms with E-state index >= 15 is 0 Å². The van der Waals surface area contributed by atoms with Crippen LogP contribution in [0.15, 0.2) is 231 Å². The van der Waals surface area contributed by atoms with Crippen LogP contribution in [0, 0.1) is 0 Å². The summed E-state index contributed by atoms with van der Waals surface area (Å²) in [4.78, 5) is 2.47. The van der Waals surface area contributed by atoms with Crippen molar-refractivity contribution in [1.82, 2.24) is 4.57 Å². The van der Waals surface area contributed by atoms with Crippen molar-refractivity contribution in [1.29, 1.82) is 0 Å². The van der Waals surface area contributed by atoms with Crippen LogP contribution in [-0.2, 0) is 0 Å². The first-order valence-corrected chi connectivity index (χ1v) is 19.2. The SMILES string of the molecule is c1ccc(-c2cccc(N(c3ccccc3)c3cccc4c3c3ccccc3n4-c3c(-c4ccccc4)cccc3-c3ccccc3)c2-c2ccccc2)cc1. The van der Waals surface area contributed by atoms with E-state index in [4.69, 9.17) is 0 Å². The van der Waals surface area contributed by atoms with Gasteiger partial charge in [0.05, 0.1) is 28.1 Å². The van der Waals surface area contributed by atoms with Crippen LogP contribution in [0.5, 0.6) is 0 Å². The highest BCUT2D eigenvalue weighted by atomic mass is 15.2. The molecule has 0 amide bonds. The topological polar surface area (TPSA) is 8.17 Å². The molecule has 10 rings (SSSR count). The third kappa shape index (κ3) is 5.76. The second-order valence-corrected chi connectivity index (χ2v) is 14.1. The van der Waals surface area contributed by atoms with Gasteiger partial charge < -0.3 is 9.47 Å². The van der Waals surface area contributed by atoms with Gasteiger partial charge in [0.1, 0.15) is 0 Å². The van der Waals surface area contributed by atoms with E-state index < -0.39 is 0 Å². The van der Waals surface area contributed by atoms with Crippen LogP contribution in [-0.4, -0.2) is 4.57 Å². The largest absolute Gasteiger partial charge is 0.309 e. The van der Waals surface area contributed by atoms with Gasteiger partial charge in [-0.25, -0.2) is 0 Å². The predicted molar refractivity (Wildman–Crippen MR) is 237 cm³/mol. The molecule has 264 valence electrons. The van der Waals surface area contributed by atoms with Crippen LogP contribution in [0.25, 0.3) is 72.0 Å². The third-order valence-electron chi connectivity index (χ3n) is 10.8. The lowest BCUT2D eigenvalue weighted by atomic mass is 9.92. The zero-order valence-electron chi connectivity index (χ0n) is 30.8. The molecular formula is C54H38N2. The van der Waals surface area contributed by atoms with Crippen LogP contribution in [0.3, 0.4) is 0 Å². The second-order valence-electron chi connectivity index (χ2n) is 14.1. The predicted octanol–water partition coefficient (Wildman–Crippen LogP) is 14.9. The summed E-state index contributed by atoms with van der Waals surface area (Å²) < 4.78 is 2.50. The van der Waals surface area contributed by atoms with Crippen LogP contribution < -0.4 is 4.90 Å². The number of aromatic nitrogens is 1. The fraction of sp³-hybridized carbons (Fsp3) is 0. The molecule has 0 unspecified atom stereocenters. The lowest BCUT2D eigenvalue weighted by molar-refractivity contribution is 1.18. The molecule has 1 heterocycles. The molecule has 0 aliphatic carbocycles. The Hall–Kier alpha value is -7.42. The minimum atomic E-state index is 1.09. The van der Waals surface area contributed by atoms with Crippen LogP contribution in [0.1, 0.15) is 0 Å². The van der Waals surface area contributed by atoms with Crippen LogP contribution in [0.2, 0.25) is 0 Å². The standard InChI is InChI=1S/C54H38N2/c1-6-21-39(22-7-1)44-32-19-36-49(52(44)42-27-12-4-13-28-42)55(43-29-14-5-15-30-43)50-37-20-38-51-53(50)47-31-16-17-35-48(47)56(51)54-45(40-23-8-2-9-24-40)33-18-34-46(54)41-25-10-3-11-26-41/h1-38H. The summed E-state index contributed by atoms with van der Waals surface area (Å²) in [5.41, 5.74) is 16.2. The molecule has 0 aliphatic heterocycles. The second kappa shape index (κ2) is 14.4. The number of para-hydroxylation sites is 3. The van der Waals surface area contributed by atoms with Gasteiger partial charge in [0.25, 0.3) is 0 Å². The lowest BCUT2D eigenvalue weighted by Gasteiger charge is -2.30. The average Bonchev–Trinajstić information content (AvgIpc) is 3.62. The van der Waals surface area contributed by atoms with Crippen molar-refractivity contribution in [2.45, 2.75) is 0 Å². The van der Waals surface area contributed by atoms with E-state index in [0.717, 1.165) is 33.8 Å². The Balaban J connectivity index is 1.32. The van der Waals surface area contributed by atoms with Crippen molar-refractivity contribution in [3.8, 4) is 50.2 Å². The van der Waals surface area contributed by atoms with Gasteiger partial charge in [-0.2, -0.15) is 0 Å². The molecule has 0 spiro atoms. The highest BCUT2D eigenvalue weighted by Crippen LogP contribution is 2.50. The minimum Gasteiger partial charge on any atom is -0.309 e. The fourth-order valence-electron chi connectivity index (χ4n) is 8.39. The number of hydrogen-bond acceptors (Lipinski definition) is 1. The van der Waals surface area contributed by atoms with Crippen LogP contribution in [0.4, 0.5) is 17.1 Å². The molecule has 9 aromatic carbocycles. The molecule has 0 saturated carbocycles. The Kier molecular flexibility index (Phi) is 8.55. The summed E-state index contributed by atoms with van der Waals surface area (Å²) >= 11 is 0. The normalized spacial score (nSPS) is 11.2. The first-order valence-electron chi connectivity index (χ1n) is 19.2. The summed E-state index contributed by atoms with van der Waals surface area (Å²) in [5, 5.41) is 2.39. The highest BCUT2D eigenvalue weighted by molar-refractivity contribution is 6.18. The van der Waals surface area contributed by atoms with Gasteiger partial charge in [-0.1, -0.05) is 194 Å². The molecule has 0 atom stereocenters. The van der Waals surface area contributed by atoms with Crippen molar-refractivity contribution >= 4 is 38.9 Å². The summed E-state index contributed by atoms with van der Waals surface area (Å²) in [6, 6.07) is 83.1. The molecule has 0 N–H and O–H groups in total. The van der Waals surface area contributed by atoms with Crippen molar-refractivity contribution in [3.05, 3.63) is 231 Å². The van der Waals surface area contributed by atoms with Gasteiger partial charge in [0.15, 0.2) is 0 Å². The number of fused-ring (bicyclic) bond motifs is 3. The molecule has 1 aromatic heterocycles. The summed E-state index contributed by atoms with van der Waals surface area (Å²) in [7, 11) is 0. The van der Waals surface area contributed by atoms with Gasteiger partial charge in [-0.05, 0) is 64.2 Å². The Morgan fingerprint density at radius 2 is 0.732 bits per heavy atom. The quantitative estimate of drug-likeness (QED) is 0.152. The first-order chi connectivity index (χ1) is 27.8. The van der Waals surface area contributed by atoms with Gasteiger partial charge in [-0.15, -0.1) is 0 Å². The summed E-state index contributed by atoms with van der Waals surface area (Å²) in [6.07, 6.45) is 0. The molecule has 0 fully saturated rings. The number of benzene rings is 9. The van der Waals surface area contributed by atoms with E-state index in [1.54, 1.807) is 0 Å². The number of hydrogen-bond donors (Lipinski definition) is 0. The Morgan fingerprint density at radius 3 is 1.34 bits per heavy atom. The maximum atomic E-state index is 2.50. The van der Waals surface area contributed by atoms with E-state index in [0.29, 0.717) is 0 Å². The Morgan fingerprint density at radius 1 is 0.304 bits per heavy atom. The molecule has 2 heteroatoms. The number of nitrogens with zero attached hydrogens (tertiary/aromatic N) is 2. The van der Waals surface area contributed by atoms with E-state index in [1.165, 1.54) is 55.3 Å². The maximum absolute atomic E-state index is 2.50. The monoisotopic (exact) mass is 714 g/mol. The zero-order valence-corrected chi connectivity index (χ0v) is 30.8. The van der Waals surface area contributed by atoms with E-state index in [-0.39, 0.29) is 0 Å². The number of anilines is 3. The van der Waals surface area contributed by atoms with Gasteiger partial charge in [-0.3, -0.25) is 0 Å². The molecule has 0 radical (unpaired) electrons. The van der Waals surface area contributed by atoms with Crippen molar-refractivity contribution in [3.63, 3.8) is 0 Å². The lowest BCUT2D eigenvalue weighted by Crippen LogP contribution is -2.12. The van der Waals surface area contributed by atoms with Gasteiger partial charge in [0.2, 0.25) is 0 Å². The molecule has 0 aliphatic rings. The first kappa shape index (κ1) is 33.2. The molecule has 10 aromatic rings. The zero-order chi connectivity index (χ0) is 37.3. The Labute approximate surface area is 327 Å². The Bertz CT molecular complexity index is 2880. The van der Waals surface area contributed by atoms with Gasteiger partial charge in [0, 0.05) is 33.2 Å². The smallest absolute Gasteiger partial charge is 0.0618 e. The van der Waals surface area contributed by atoms with E-state index in [2.05, 4.69) is 240 Å². The third-order valence-corrected chi connectivity index (χ3v) is 10.8. The van der Waals surface area contributed by atoms with E-state index in [9.17, 15) is 0 Å². The highest BCUT2D eigenvalue weighted by Gasteiger charge is 2.26. The van der Waals surface area contributed by atoms with Crippen molar-refractivity contribution in [2.75, 3.05) is 4.90 Å². The molecule has 0 bridgehead atoms. The van der Waals surface area contributed by atoms with Crippen molar-refractivity contribution in [2.24, 2.45) is 0 Å². The fourth-order valence-corrected chi connectivity index (χ4v) is 8.39. The van der Waals surface area contributed by atoms with E-state index in [1.807, 2.05) is 0 Å². The van der Waals surface area contributed by atoms with Crippen LogP contribution >= 0.6 is 0 Å². The molecule has 0 saturated heterocycles.